The average molecular weight is 330 g/mol. The fraction of sp³-hybridized carbons (Fsp3) is 0.600. The first-order valence-electron chi connectivity index (χ1n) is 6.85. The van der Waals surface area contributed by atoms with Gasteiger partial charge in [-0.25, -0.2) is 4.39 Å². The summed E-state index contributed by atoms with van der Waals surface area (Å²) in [6.07, 6.45) is 3.95. The molecule has 1 saturated carbocycles. The van der Waals surface area contributed by atoms with Gasteiger partial charge in [0.15, 0.2) is 0 Å². The Labute approximate surface area is 122 Å². The summed E-state index contributed by atoms with van der Waals surface area (Å²) in [7, 11) is 0. The van der Waals surface area contributed by atoms with Crippen molar-refractivity contribution in [3.63, 3.8) is 0 Å². The van der Waals surface area contributed by atoms with Crippen molar-refractivity contribution in [3.05, 3.63) is 34.1 Å². The second-order valence-corrected chi connectivity index (χ2v) is 6.68. The van der Waals surface area contributed by atoms with Crippen LogP contribution in [0, 0.1) is 11.7 Å². The van der Waals surface area contributed by atoms with Crippen molar-refractivity contribution in [2.24, 2.45) is 5.92 Å². The van der Waals surface area contributed by atoms with E-state index in [9.17, 15) is 9.50 Å². The van der Waals surface area contributed by atoms with E-state index in [1.54, 1.807) is 6.07 Å². The highest BCUT2D eigenvalue weighted by Crippen LogP contribution is 2.31. The molecule has 0 spiro atoms. The Morgan fingerprint density at radius 3 is 3.00 bits per heavy atom. The lowest BCUT2D eigenvalue weighted by Gasteiger charge is -2.35. The standard InChI is InChI=1S/C15H21BrFNO/c1-11-3-2-6-15(19,8-11)10-18-9-12-4-5-13(16)7-14(12)17/h4-5,7,11,18-19H,2-3,6,8-10H2,1H3. The molecule has 2 atom stereocenters. The molecule has 1 aliphatic rings. The van der Waals surface area contributed by atoms with E-state index in [1.165, 1.54) is 12.5 Å². The molecule has 2 nitrogen and oxygen atoms in total. The van der Waals surface area contributed by atoms with Crippen LogP contribution in [0.3, 0.4) is 0 Å². The van der Waals surface area contributed by atoms with Gasteiger partial charge in [0.1, 0.15) is 5.82 Å². The molecule has 0 aliphatic heterocycles. The quantitative estimate of drug-likeness (QED) is 0.884. The highest BCUT2D eigenvalue weighted by molar-refractivity contribution is 9.10. The van der Waals surface area contributed by atoms with Crippen molar-refractivity contribution in [1.82, 2.24) is 5.32 Å². The van der Waals surface area contributed by atoms with Crippen LogP contribution in [0.4, 0.5) is 4.39 Å². The lowest BCUT2D eigenvalue weighted by molar-refractivity contribution is -0.0119. The van der Waals surface area contributed by atoms with Crippen molar-refractivity contribution in [2.75, 3.05) is 6.54 Å². The van der Waals surface area contributed by atoms with Crippen LogP contribution < -0.4 is 5.32 Å². The lowest BCUT2D eigenvalue weighted by Crippen LogP contribution is -2.43. The van der Waals surface area contributed by atoms with Gasteiger partial charge in [0, 0.05) is 23.1 Å². The number of halogens is 2. The van der Waals surface area contributed by atoms with Gasteiger partial charge in [0.2, 0.25) is 0 Å². The maximum atomic E-state index is 13.6. The maximum absolute atomic E-state index is 13.6. The zero-order valence-corrected chi connectivity index (χ0v) is 12.8. The monoisotopic (exact) mass is 329 g/mol. The molecule has 0 saturated heterocycles. The fourth-order valence-corrected chi connectivity index (χ4v) is 3.22. The molecule has 19 heavy (non-hydrogen) atoms. The molecule has 1 aromatic carbocycles. The Hall–Kier alpha value is -0.450. The molecule has 0 heterocycles. The third-order valence-corrected chi connectivity index (χ3v) is 4.35. The molecule has 2 N–H and O–H groups in total. The van der Waals surface area contributed by atoms with E-state index >= 15 is 0 Å². The first-order valence-corrected chi connectivity index (χ1v) is 7.65. The highest BCUT2D eigenvalue weighted by Gasteiger charge is 2.31. The number of rotatable bonds is 4. The number of hydrogen-bond acceptors (Lipinski definition) is 2. The molecule has 1 aromatic rings. The van der Waals surface area contributed by atoms with E-state index < -0.39 is 5.60 Å². The van der Waals surface area contributed by atoms with E-state index in [4.69, 9.17) is 0 Å². The van der Waals surface area contributed by atoms with Gasteiger partial charge in [-0.1, -0.05) is 41.8 Å². The summed E-state index contributed by atoms with van der Waals surface area (Å²) in [5.41, 5.74) is 0.0133. The number of benzene rings is 1. The molecule has 2 unspecified atom stereocenters. The summed E-state index contributed by atoms with van der Waals surface area (Å²) in [6.45, 7) is 3.17. The second-order valence-electron chi connectivity index (χ2n) is 5.77. The number of aliphatic hydroxyl groups is 1. The van der Waals surface area contributed by atoms with Gasteiger partial charge in [-0.15, -0.1) is 0 Å². The molecule has 0 amide bonds. The second kappa shape index (κ2) is 6.33. The predicted molar refractivity (Wildman–Crippen MR) is 78.4 cm³/mol. The zero-order valence-electron chi connectivity index (χ0n) is 11.3. The third kappa shape index (κ3) is 4.26. The molecule has 1 aliphatic carbocycles. The van der Waals surface area contributed by atoms with E-state index in [2.05, 4.69) is 28.2 Å². The summed E-state index contributed by atoms with van der Waals surface area (Å²) < 4.78 is 14.4. The van der Waals surface area contributed by atoms with Crippen LogP contribution in [0.1, 0.15) is 38.2 Å². The molecular formula is C15H21BrFNO. The summed E-state index contributed by atoms with van der Waals surface area (Å²) in [5, 5.41) is 13.7. The minimum atomic E-state index is -0.622. The van der Waals surface area contributed by atoms with E-state index in [0.717, 1.165) is 23.7 Å². The van der Waals surface area contributed by atoms with Gasteiger partial charge >= 0.3 is 0 Å². The summed E-state index contributed by atoms with van der Waals surface area (Å²) in [6, 6.07) is 5.06. The first kappa shape index (κ1) is 14.9. The van der Waals surface area contributed by atoms with E-state index in [0.29, 0.717) is 24.6 Å². The summed E-state index contributed by atoms with van der Waals surface area (Å²) in [4.78, 5) is 0. The number of hydrogen-bond donors (Lipinski definition) is 2. The Kier molecular flexibility index (Phi) is 4.98. The Balaban J connectivity index is 1.85. The van der Waals surface area contributed by atoms with Crippen LogP contribution in [-0.2, 0) is 6.54 Å². The van der Waals surface area contributed by atoms with E-state index in [-0.39, 0.29) is 5.82 Å². The minimum Gasteiger partial charge on any atom is -0.389 e. The van der Waals surface area contributed by atoms with E-state index in [1.807, 2.05) is 6.07 Å². The van der Waals surface area contributed by atoms with Gasteiger partial charge in [-0.3, -0.25) is 0 Å². The van der Waals surface area contributed by atoms with Crippen LogP contribution in [0.15, 0.2) is 22.7 Å². The predicted octanol–water partition coefficient (Wildman–Crippen LogP) is 3.62. The molecule has 0 bridgehead atoms. The van der Waals surface area contributed by atoms with Crippen molar-refractivity contribution in [2.45, 2.75) is 44.8 Å². The van der Waals surface area contributed by atoms with Crippen LogP contribution in [-0.4, -0.2) is 17.3 Å². The van der Waals surface area contributed by atoms with Crippen LogP contribution >= 0.6 is 15.9 Å². The Morgan fingerprint density at radius 2 is 2.32 bits per heavy atom. The molecule has 0 radical (unpaired) electrons. The molecule has 0 aromatic heterocycles. The van der Waals surface area contributed by atoms with Crippen LogP contribution in [0.25, 0.3) is 0 Å². The topological polar surface area (TPSA) is 32.3 Å². The van der Waals surface area contributed by atoms with Crippen molar-refractivity contribution < 1.29 is 9.50 Å². The minimum absolute atomic E-state index is 0.217. The highest BCUT2D eigenvalue weighted by atomic mass is 79.9. The maximum Gasteiger partial charge on any atom is 0.128 e. The first-order chi connectivity index (χ1) is 8.98. The van der Waals surface area contributed by atoms with Gasteiger partial charge in [0.05, 0.1) is 5.60 Å². The molecule has 106 valence electrons. The fourth-order valence-electron chi connectivity index (χ4n) is 2.89. The van der Waals surface area contributed by atoms with Gasteiger partial charge < -0.3 is 10.4 Å². The summed E-state index contributed by atoms with van der Waals surface area (Å²) >= 11 is 3.24. The van der Waals surface area contributed by atoms with Crippen LogP contribution in [0.2, 0.25) is 0 Å². The Bertz CT molecular complexity index is 440. The van der Waals surface area contributed by atoms with Crippen molar-refractivity contribution >= 4 is 15.9 Å². The van der Waals surface area contributed by atoms with Gasteiger partial charge in [-0.2, -0.15) is 0 Å². The molecule has 4 heteroatoms. The zero-order chi connectivity index (χ0) is 13.9. The molecule has 1 fully saturated rings. The van der Waals surface area contributed by atoms with Crippen LogP contribution in [0.5, 0.6) is 0 Å². The van der Waals surface area contributed by atoms with Gasteiger partial charge in [0.25, 0.3) is 0 Å². The SMILES string of the molecule is CC1CCCC(O)(CNCc2ccc(Br)cc2F)C1. The molecule has 2 rings (SSSR count). The summed E-state index contributed by atoms with van der Waals surface area (Å²) in [5.74, 6) is 0.357. The smallest absolute Gasteiger partial charge is 0.128 e. The molecular weight excluding hydrogens is 309 g/mol. The number of nitrogens with one attached hydrogen (secondary N) is 1. The Morgan fingerprint density at radius 1 is 1.53 bits per heavy atom. The largest absolute Gasteiger partial charge is 0.389 e. The van der Waals surface area contributed by atoms with Crippen molar-refractivity contribution in [3.8, 4) is 0 Å². The third-order valence-electron chi connectivity index (χ3n) is 3.85. The van der Waals surface area contributed by atoms with Crippen molar-refractivity contribution in [1.29, 1.82) is 0 Å². The average Bonchev–Trinajstić information content (AvgIpc) is 2.31. The van der Waals surface area contributed by atoms with Gasteiger partial charge in [-0.05, 0) is 30.9 Å². The lowest BCUT2D eigenvalue weighted by atomic mass is 9.79. The normalized spacial score (nSPS) is 27.5.